The molecule has 1 amide bonds. The van der Waals surface area contributed by atoms with Gasteiger partial charge in [0.25, 0.3) is 11.5 Å². The minimum absolute atomic E-state index is 0.0228. The Kier molecular flexibility index (Phi) is 7.67. The molecule has 4 heterocycles. The zero-order valence-corrected chi connectivity index (χ0v) is 22.3. The van der Waals surface area contributed by atoms with E-state index >= 15 is 0 Å². The maximum absolute atomic E-state index is 13.5. The van der Waals surface area contributed by atoms with E-state index in [0.717, 1.165) is 25.7 Å². The summed E-state index contributed by atoms with van der Waals surface area (Å²) in [5, 5.41) is 11.6. The quantitative estimate of drug-likeness (QED) is 0.433. The summed E-state index contributed by atoms with van der Waals surface area (Å²) >= 11 is 0. The zero-order chi connectivity index (χ0) is 27.6. The van der Waals surface area contributed by atoms with Crippen molar-refractivity contribution in [3.63, 3.8) is 0 Å². The van der Waals surface area contributed by atoms with Crippen molar-refractivity contribution in [3.8, 4) is 11.5 Å². The molecule has 1 saturated carbocycles. The number of anilines is 1. The fourth-order valence-electron chi connectivity index (χ4n) is 5.11. The highest BCUT2D eigenvalue weighted by atomic mass is 16.7. The van der Waals surface area contributed by atoms with E-state index in [2.05, 4.69) is 15.5 Å². The van der Waals surface area contributed by atoms with Crippen molar-refractivity contribution in [1.29, 1.82) is 0 Å². The number of carbonyl (C=O) groups is 1. The van der Waals surface area contributed by atoms with Gasteiger partial charge >= 0.3 is 0 Å². The molecule has 1 aliphatic heterocycles. The van der Waals surface area contributed by atoms with Gasteiger partial charge in [0, 0.05) is 24.4 Å². The van der Waals surface area contributed by atoms with Crippen LogP contribution in [0.3, 0.4) is 0 Å². The van der Waals surface area contributed by atoms with Gasteiger partial charge in [0.05, 0.1) is 25.6 Å². The first-order valence-electron chi connectivity index (χ1n) is 13.2. The molecular weight excluding hydrogens is 506 g/mol. The number of nitrogens with zero attached hydrogens (tertiary/aromatic N) is 4. The number of nitrogens with one attached hydrogen (secondary N) is 1. The molecular formula is C27H33N5O7. The monoisotopic (exact) mass is 539 g/mol. The topological polar surface area (TPSA) is 140 Å². The molecule has 1 unspecified atom stereocenters. The first kappa shape index (κ1) is 26.8. The number of ether oxygens (including phenoxy) is 3. The summed E-state index contributed by atoms with van der Waals surface area (Å²) in [4.78, 5) is 38.7. The van der Waals surface area contributed by atoms with Crippen LogP contribution in [-0.2, 0) is 20.8 Å². The van der Waals surface area contributed by atoms with E-state index in [0.29, 0.717) is 31.3 Å². The first-order valence-corrected chi connectivity index (χ1v) is 13.2. The number of hydrogen-bond acceptors (Lipinski definition) is 9. The Labute approximate surface area is 224 Å². The maximum Gasteiger partial charge on any atom is 0.271 e. The van der Waals surface area contributed by atoms with Gasteiger partial charge in [-0.25, -0.2) is 4.68 Å². The lowest BCUT2D eigenvalue weighted by atomic mass is 9.98. The van der Waals surface area contributed by atoms with E-state index < -0.39 is 17.4 Å². The van der Waals surface area contributed by atoms with Crippen LogP contribution in [0.4, 0.5) is 5.82 Å². The fraction of sp³-hybridized carbons (Fsp3) is 0.519. The normalized spacial score (nSPS) is 19.7. The van der Waals surface area contributed by atoms with Gasteiger partial charge in [-0.3, -0.25) is 19.1 Å². The van der Waals surface area contributed by atoms with Gasteiger partial charge in [0.1, 0.15) is 17.9 Å². The smallest absolute Gasteiger partial charge is 0.271 e. The molecule has 0 bridgehead atoms. The number of rotatable bonds is 9. The highest BCUT2D eigenvalue weighted by Gasteiger charge is 2.33. The van der Waals surface area contributed by atoms with Gasteiger partial charge in [-0.05, 0) is 33.1 Å². The standard InChI is InChI=1S/C27H33N5O7/c1-17-25(22(33)9-11-36-17)38-19-13-24(34)32(28-14-19)21(12-18-6-4-5-7-18)26(35)29-23-8-10-31(30-23)15-20-16-37-27(2,3)39-20/h8-11,13-14,18,20-21H,4-7,12,15-16H2,1-3H3,(H,29,30,35)/t20-,21?/m1/s1. The van der Waals surface area contributed by atoms with Gasteiger partial charge in [-0.15, -0.1) is 0 Å². The van der Waals surface area contributed by atoms with Crippen molar-refractivity contribution in [3.05, 3.63) is 63.2 Å². The molecule has 3 aromatic heterocycles. The minimum atomic E-state index is -0.837. The SMILES string of the molecule is Cc1occc(=O)c1Oc1cnn(C(CC2CCCC2)C(=O)Nc2ccn(C[C@@H]3COC(C)(C)O3)n2)c(=O)c1. The maximum atomic E-state index is 13.5. The predicted molar refractivity (Wildman–Crippen MR) is 140 cm³/mol. The number of amides is 1. The second-order valence-corrected chi connectivity index (χ2v) is 10.5. The molecule has 0 aromatic carbocycles. The fourth-order valence-corrected chi connectivity index (χ4v) is 5.11. The molecule has 0 spiro atoms. The van der Waals surface area contributed by atoms with Gasteiger partial charge in [0.2, 0.25) is 11.2 Å². The third kappa shape index (κ3) is 6.45. The molecule has 12 heteroatoms. The largest absolute Gasteiger partial charge is 0.465 e. The Bertz CT molecular complexity index is 1440. The molecule has 1 aliphatic carbocycles. The Morgan fingerprint density at radius 1 is 1.26 bits per heavy atom. The molecule has 2 aliphatic rings. The van der Waals surface area contributed by atoms with Crippen LogP contribution in [0.2, 0.25) is 0 Å². The number of hydrogen-bond donors (Lipinski definition) is 1. The van der Waals surface area contributed by atoms with Crippen molar-refractivity contribution >= 4 is 11.7 Å². The predicted octanol–water partition coefficient (Wildman–Crippen LogP) is 3.41. The number of aryl methyl sites for hydroxylation is 1. The molecule has 3 aromatic rings. The number of aromatic nitrogens is 4. The molecule has 208 valence electrons. The Morgan fingerprint density at radius 3 is 2.74 bits per heavy atom. The Balaban J connectivity index is 1.32. The lowest BCUT2D eigenvalue weighted by Gasteiger charge is -2.21. The van der Waals surface area contributed by atoms with Crippen molar-refractivity contribution < 1.29 is 23.4 Å². The highest BCUT2D eigenvalue weighted by molar-refractivity contribution is 5.92. The summed E-state index contributed by atoms with van der Waals surface area (Å²) in [6, 6.07) is 3.31. The zero-order valence-electron chi connectivity index (χ0n) is 22.3. The van der Waals surface area contributed by atoms with Crippen LogP contribution in [0.1, 0.15) is 57.8 Å². The van der Waals surface area contributed by atoms with Crippen LogP contribution in [0.25, 0.3) is 0 Å². The summed E-state index contributed by atoms with van der Waals surface area (Å²) in [5.74, 6) is 0.00638. The van der Waals surface area contributed by atoms with Gasteiger partial charge in [-0.2, -0.15) is 10.2 Å². The van der Waals surface area contributed by atoms with E-state index in [1.165, 1.54) is 29.3 Å². The third-order valence-electron chi connectivity index (χ3n) is 7.01. The van der Waals surface area contributed by atoms with E-state index in [-0.39, 0.29) is 34.7 Å². The van der Waals surface area contributed by atoms with E-state index in [4.69, 9.17) is 18.6 Å². The molecule has 5 rings (SSSR count). The molecule has 0 radical (unpaired) electrons. The van der Waals surface area contributed by atoms with Gasteiger partial charge in [-0.1, -0.05) is 25.7 Å². The van der Waals surface area contributed by atoms with Crippen LogP contribution >= 0.6 is 0 Å². The summed E-state index contributed by atoms with van der Waals surface area (Å²) in [6.07, 6.45) is 8.87. The molecule has 2 fully saturated rings. The second kappa shape index (κ2) is 11.1. The second-order valence-electron chi connectivity index (χ2n) is 10.5. The highest BCUT2D eigenvalue weighted by Crippen LogP contribution is 2.32. The van der Waals surface area contributed by atoms with Crippen molar-refractivity contribution in [2.45, 2.75) is 77.4 Å². The van der Waals surface area contributed by atoms with Crippen LogP contribution < -0.4 is 21.0 Å². The molecule has 1 saturated heterocycles. The number of carbonyl (C=O) groups excluding carboxylic acids is 1. The van der Waals surface area contributed by atoms with Crippen molar-refractivity contribution in [1.82, 2.24) is 19.6 Å². The summed E-state index contributed by atoms with van der Waals surface area (Å²) in [7, 11) is 0. The minimum Gasteiger partial charge on any atom is -0.465 e. The average molecular weight is 540 g/mol. The van der Waals surface area contributed by atoms with E-state index in [1.54, 1.807) is 23.9 Å². The lowest BCUT2D eigenvalue weighted by molar-refractivity contribution is -0.139. The molecule has 12 nitrogen and oxygen atoms in total. The van der Waals surface area contributed by atoms with Crippen LogP contribution in [0, 0.1) is 12.8 Å². The van der Waals surface area contributed by atoms with Gasteiger partial charge < -0.3 is 23.9 Å². The summed E-state index contributed by atoms with van der Waals surface area (Å²) in [6.45, 7) is 6.25. The van der Waals surface area contributed by atoms with Crippen LogP contribution in [-0.4, -0.2) is 44.0 Å². The van der Waals surface area contributed by atoms with Crippen molar-refractivity contribution in [2.75, 3.05) is 11.9 Å². The Hall–Kier alpha value is -3.77. The van der Waals surface area contributed by atoms with Crippen LogP contribution in [0.15, 0.2) is 50.9 Å². The lowest BCUT2D eigenvalue weighted by Crippen LogP contribution is -2.36. The van der Waals surface area contributed by atoms with Gasteiger partial charge in [0.15, 0.2) is 17.4 Å². The summed E-state index contributed by atoms with van der Waals surface area (Å²) in [5.41, 5.74) is -0.897. The molecule has 39 heavy (non-hydrogen) atoms. The average Bonchev–Trinajstić information content (AvgIpc) is 3.63. The van der Waals surface area contributed by atoms with Crippen LogP contribution in [0.5, 0.6) is 11.5 Å². The molecule has 1 N–H and O–H groups in total. The van der Waals surface area contributed by atoms with Crippen molar-refractivity contribution in [2.24, 2.45) is 5.92 Å². The summed E-state index contributed by atoms with van der Waals surface area (Å²) < 4.78 is 25.1. The molecule has 2 atom stereocenters. The van der Waals surface area contributed by atoms with E-state index in [1.807, 2.05) is 13.8 Å². The first-order chi connectivity index (χ1) is 18.7. The third-order valence-corrected chi connectivity index (χ3v) is 7.01. The Morgan fingerprint density at radius 2 is 2.05 bits per heavy atom. The van der Waals surface area contributed by atoms with E-state index in [9.17, 15) is 14.4 Å².